The predicted molar refractivity (Wildman–Crippen MR) is 78.4 cm³/mol. The maximum atomic E-state index is 12.9. The highest BCUT2D eigenvalue weighted by Gasteiger charge is 2.27. The van der Waals surface area contributed by atoms with Gasteiger partial charge >= 0.3 is 0 Å². The lowest BCUT2D eigenvalue weighted by atomic mass is 9.85. The molecule has 1 atom stereocenters. The van der Waals surface area contributed by atoms with E-state index in [4.69, 9.17) is 0 Å². The second-order valence-corrected chi connectivity index (χ2v) is 5.61. The fourth-order valence-electron chi connectivity index (χ4n) is 2.15. The van der Waals surface area contributed by atoms with Crippen LogP contribution in [0.5, 0.6) is 0 Å². The first kappa shape index (κ1) is 14.2. The van der Waals surface area contributed by atoms with Crippen LogP contribution >= 0.6 is 15.9 Å². The molecular weight excluding hydrogens is 307 g/mol. The van der Waals surface area contributed by atoms with Gasteiger partial charge in [0.05, 0.1) is 5.60 Å². The molecule has 0 aliphatic carbocycles. The van der Waals surface area contributed by atoms with E-state index in [0.29, 0.717) is 12.8 Å². The van der Waals surface area contributed by atoms with E-state index >= 15 is 0 Å². The summed E-state index contributed by atoms with van der Waals surface area (Å²) in [6.45, 7) is 1.95. The monoisotopic (exact) mass is 322 g/mol. The molecule has 0 aromatic heterocycles. The molecule has 2 aromatic carbocycles. The van der Waals surface area contributed by atoms with Gasteiger partial charge in [0, 0.05) is 10.9 Å². The molecule has 0 bridgehead atoms. The van der Waals surface area contributed by atoms with Crippen LogP contribution in [0.15, 0.2) is 53.0 Å². The SMILES string of the molecule is CCC(O)(Cc1ccc(F)cc1)c1cccc(Br)c1. The second kappa shape index (κ2) is 5.85. The Morgan fingerprint density at radius 3 is 2.42 bits per heavy atom. The highest BCUT2D eigenvalue weighted by molar-refractivity contribution is 9.10. The van der Waals surface area contributed by atoms with Crippen LogP contribution in [0.2, 0.25) is 0 Å². The average molecular weight is 323 g/mol. The van der Waals surface area contributed by atoms with Crippen molar-refractivity contribution < 1.29 is 9.50 Å². The minimum absolute atomic E-state index is 0.258. The molecule has 0 spiro atoms. The van der Waals surface area contributed by atoms with Crippen molar-refractivity contribution in [2.24, 2.45) is 0 Å². The molecule has 0 radical (unpaired) electrons. The van der Waals surface area contributed by atoms with Crippen LogP contribution in [0, 0.1) is 5.82 Å². The highest BCUT2D eigenvalue weighted by atomic mass is 79.9. The summed E-state index contributed by atoms with van der Waals surface area (Å²) in [5.74, 6) is -0.258. The fourth-order valence-corrected chi connectivity index (χ4v) is 2.55. The number of rotatable bonds is 4. The van der Waals surface area contributed by atoms with Crippen molar-refractivity contribution in [1.29, 1.82) is 0 Å². The van der Waals surface area contributed by atoms with Crippen molar-refractivity contribution in [3.8, 4) is 0 Å². The van der Waals surface area contributed by atoms with Gasteiger partial charge in [-0.1, -0.05) is 47.1 Å². The van der Waals surface area contributed by atoms with Crippen LogP contribution in [0.1, 0.15) is 24.5 Å². The molecule has 0 saturated heterocycles. The van der Waals surface area contributed by atoms with E-state index in [2.05, 4.69) is 15.9 Å². The van der Waals surface area contributed by atoms with Gasteiger partial charge in [0.15, 0.2) is 0 Å². The highest BCUT2D eigenvalue weighted by Crippen LogP contribution is 2.30. The Hall–Kier alpha value is -1.19. The van der Waals surface area contributed by atoms with Gasteiger partial charge in [0.2, 0.25) is 0 Å². The van der Waals surface area contributed by atoms with Crippen LogP contribution in [0.4, 0.5) is 4.39 Å². The molecule has 100 valence electrons. The summed E-state index contributed by atoms with van der Waals surface area (Å²) in [5.41, 5.74) is 0.862. The van der Waals surface area contributed by atoms with Gasteiger partial charge in [-0.25, -0.2) is 4.39 Å². The quantitative estimate of drug-likeness (QED) is 0.882. The molecule has 1 N–H and O–H groups in total. The molecule has 0 saturated carbocycles. The Balaban J connectivity index is 2.30. The van der Waals surface area contributed by atoms with Crippen molar-refractivity contribution in [3.05, 3.63) is 69.9 Å². The molecule has 2 aromatic rings. The molecule has 0 aliphatic heterocycles. The molecule has 1 unspecified atom stereocenters. The lowest BCUT2D eigenvalue weighted by Gasteiger charge is -2.28. The Bertz CT molecular complexity index is 553. The van der Waals surface area contributed by atoms with E-state index in [0.717, 1.165) is 15.6 Å². The normalized spacial score (nSPS) is 14.1. The molecule has 19 heavy (non-hydrogen) atoms. The van der Waals surface area contributed by atoms with Crippen molar-refractivity contribution in [2.45, 2.75) is 25.4 Å². The minimum atomic E-state index is -0.929. The molecule has 0 aliphatic rings. The zero-order chi connectivity index (χ0) is 13.9. The van der Waals surface area contributed by atoms with Crippen molar-refractivity contribution >= 4 is 15.9 Å². The summed E-state index contributed by atoms with van der Waals surface area (Å²) in [6, 6.07) is 14.0. The van der Waals surface area contributed by atoms with Crippen molar-refractivity contribution in [1.82, 2.24) is 0 Å². The second-order valence-electron chi connectivity index (χ2n) is 4.70. The average Bonchev–Trinajstić information content (AvgIpc) is 2.41. The van der Waals surface area contributed by atoms with E-state index in [1.165, 1.54) is 12.1 Å². The number of hydrogen-bond donors (Lipinski definition) is 1. The van der Waals surface area contributed by atoms with Crippen LogP contribution in [-0.2, 0) is 12.0 Å². The molecule has 0 fully saturated rings. The first-order chi connectivity index (χ1) is 9.03. The largest absolute Gasteiger partial charge is 0.385 e. The smallest absolute Gasteiger partial charge is 0.123 e. The molecule has 3 heteroatoms. The first-order valence-electron chi connectivity index (χ1n) is 6.26. The summed E-state index contributed by atoms with van der Waals surface area (Å²) >= 11 is 3.42. The van der Waals surface area contributed by atoms with Gasteiger partial charge in [0.1, 0.15) is 5.82 Å². The van der Waals surface area contributed by atoms with Gasteiger partial charge in [-0.05, 0) is 41.8 Å². The summed E-state index contributed by atoms with van der Waals surface area (Å²) < 4.78 is 13.8. The molecule has 0 amide bonds. The molecular formula is C16H16BrFO. The Morgan fingerprint density at radius 1 is 1.16 bits per heavy atom. The maximum Gasteiger partial charge on any atom is 0.123 e. The van der Waals surface area contributed by atoms with Crippen LogP contribution < -0.4 is 0 Å². The third-order valence-electron chi connectivity index (χ3n) is 3.36. The lowest BCUT2D eigenvalue weighted by molar-refractivity contribution is 0.0326. The Labute approximate surface area is 121 Å². The van der Waals surface area contributed by atoms with Crippen LogP contribution in [0.3, 0.4) is 0 Å². The van der Waals surface area contributed by atoms with Gasteiger partial charge in [-0.3, -0.25) is 0 Å². The summed E-state index contributed by atoms with van der Waals surface area (Å²) in [5, 5.41) is 10.8. The van der Waals surface area contributed by atoms with Gasteiger partial charge in [-0.2, -0.15) is 0 Å². The number of halogens is 2. The Kier molecular flexibility index (Phi) is 4.38. The molecule has 2 rings (SSSR count). The lowest BCUT2D eigenvalue weighted by Crippen LogP contribution is -2.27. The van der Waals surface area contributed by atoms with E-state index in [1.807, 2.05) is 31.2 Å². The van der Waals surface area contributed by atoms with Gasteiger partial charge in [0.25, 0.3) is 0 Å². The molecule has 0 heterocycles. The third-order valence-corrected chi connectivity index (χ3v) is 3.85. The fraction of sp³-hybridized carbons (Fsp3) is 0.250. The third kappa shape index (κ3) is 3.43. The number of benzene rings is 2. The standard InChI is InChI=1S/C16H16BrFO/c1-2-16(19,13-4-3-5-14(17)10-13)11-12-6-8-15(18)9-7-12/h3-10,19H,2,11H2,1H3. The number of hydrogen-bond acceptors (Lipinski definition) is 1. The van der Waals surface area contributed by atoms with Crippen LogP contribution in [0.25, 0.3) is 0 Å². The zero-order valence-electron chi connectivity index (χ0n) is 10.7. The maximum absolute atomic E-state index is 12.9. The van der Waals surface area contributed by atoms with Gasteiger partial charge in [-0.15, -0.1) is 0 Å². The first-order valence-corrected chi connectivity index (χ1v) is 7.06. The minimum Gasteiger partial charge on any atom is -0.385 e. The van der Waals surface area contributed by atoms with E-state index in [-0.39, 0.29) is 5.82 Å². The van der Waals surface area contributed by atoms with Gasteiger partial charge < -0.3 is 5.11 Å². The summed E-state index contributed by atoms with van der Waals surface area (Å²) in [7, 11) is 0. The Morgan fingerprint density at radius 2 is 1.84 bits per heavy atom. The topological polar surface area (TPSA) is 20.2 Å². The summed E-state index contributed by atoms with van der Waals surface area (Å²) in [6.07, 6.45) is 1.07. The number of aliphatic hydroxyl groups is 1. The van der Waals surface area contributed by atoms with E-state index in [9.17, 15) is 9.50 Å². The van der Waals surface area contributed by atoms with Crippen LogP contribution in [-0.4, -0.2) is 5.11 Å². The van der Waals surface area contributed by atoms with E-state index < -0.39 is 5.60 Å². The van der Waals surface area contributed by atoms with Crippen molar-refractivity contribution in [2.75, 3.05) is 0 Å². The summed E-state index contributed by atoms with van der Waals surface area (Å²) in [4.78, 5) is 0. The molecule has 1 nitrogen and oxygen atoms in total. The van der Waals surface area contributed by atoms with E-state index in [1.54, 1.807) is 12.1 Å². The zero-order valence-corrected chi connectivity index (χ0v) is 12.3. The predicted octanol–water partition coefficient (Wildman–Crippen LogP) is 4.43. The van der Waals surface area contributed by atoms with Crippen molar-refractivity contribution in [3.63, 3.8) is 0 Å².